The Bertz CT molecular complexity index is 666. The normalized spacial score (nSPS) is 17.9. The smallest absolute Gasteiger partial charge is 0.407 e. The molecule has 2 N–H and O–H groups in total. The highest BCUT2D eigenvalue weighted by atomic mass is 32.2. The maximum Gasteiger partial charge on any atom is 0.407 e. The minimum absolute atomic E-state index is 0.0488. The van der Waals surface area contributed by atoms with E-state index in [0.29, 0.717) is 31.3 Å². The second kappa shape index (κ2) is 10.2. The van der Waals surface area contributed by atoms with Gasteiger partial charge in [0.1, 0.15) is 5.76 Å². The third kappa shape index (κ3) is 6.78. The Morgan fingerprint density at radius 3 is 2.93 bits per heavy atom. The molecule has 1 aromatic rings. The van der Waals surface area contributed by atoms with Crippen LogP contribution in [0, 0.1) is 6.92 Å². The summed E-state index contributed by atoms with van der Waals surface area (Å²) < 4.78 is 9.79. The molecule has 0 radical (unpaired) electrons. The van der Waals surface area contributed by atoms with Crippen molar-refractivity contribution in [1.29, 1.82) is 0 Å². The Balaban J connectivity index is 1.75. The van der Waals surface area contributed by atoms with Gasteiger partial charge in [0, 0.05) is 25.2 Å². The number of carbonyl (C=O) groups excluding carboxylic acids is 3. The minimum atomic E-state index is -0.459. The van der Waals surface area contributed by atoms with Gasteiger partial charge in [-0.15, -0.1) is 11.8 Å². The van der Waals surface area contributed by atoms with E-state index in [4.69, 9.17) is 9.26 Å². The van der Waals surface area contributed by atoms with Crippen molar-refractivity contribution in [2.24, 2.45) is 0 Å². The van der Waals surface area contributed by atoms with Gasteiger partial charge in [-0.2, -0.15) is 0 Å². The van der Waals surface area contributed by atoms with Crippen molar-refractivity contribution in [3.8, 4) is 0 Å². The first-order chi connectivity index (χ1) is 12.9. The Kier molecular flexibility index (Phi) is 7.96. The number of piperidine rings is 1. The Morgan fingerprint density at radius 2 is 2.26 bits per heavy atom. The molecule has 1 aliphatic rings. The van der Waals surface area contributed by atoms with Crippen molar-refractivity contribution in [2.45, 2.75) is 44.9 Å². The Labute approximate surface area is 162 Å². The lowest BCUT2D eigenvalue weighted by Crippen LogP contribution is -2.50. The molecule has 2 heterocycles. The van der Waals surface area contributed by atoms with Crippen LogP contribution in [0.5, 0.6) is 0 Å². The van der Waals surface area contributed by atoms with Gasteiger partial charge in [0.2, 0.25) is 11.8 Å². The number of aromatic nitrogens is 1. The van der Waals surface area contributed by atoms with Crippen LogP contribution in [0.3, 0.4) is 0 Å². The molecule has 1 aliphatic heterocycles. The molecule has 150 valence electrons. The van der Waals surface area contributed by atoms with E-state index < -0.39 is 11.3 Å². The standard InChI is InChI=1S/C17H26N4O5S/c1-4-25-17(24)18-13-6-5-7-21(9-13)15(22)10-27-12(3)16(23)19-14-8-11(2)26-20-14/h8,12-13H,4-7,9-10H2,1-3H3,(H,18,24)(H,19,20,23)/t12-,13-/m0/s1. The molecule has 1 fully saturated rings. The molecule has 0 unspecified atom stereocenters. The summed E-state index contributed by atoms with van der Waals surface area (Å²) in [5.41, 5.74) is 0. The summed E-state index contributed by atoms with van der Waals surface area (Å²) in [5.74, 6) is 0.879. The van der Waals surface area contributed by atoms with Crippen molar-refractivity contribution in [3.63, 3.8) is 0 Å². The number of hydrogen-bond acceptors (Lipinski definition) is 7. The first kappa shape index (κ1) is 21.1. The van der Waals surface area contributed by atoms with Crippen LogP contribution in [0.15, 0.2) is 10.6 Å². The molecule has 1 aromatic heterocycles. The summed E-state index contributed by atoms with van der Waals surface area (Å²) in [4.78, 5) is 37.8. The lowest BCUT2D eigenvalue weighted by Gasteiger charge is -2.33. The molecule has 0 spiro atoms. The fourth-order valence-corrected chi connectivity index (χ4v) is 3.46. The molecule has 2 rings (SSSR count). The molecule has 10 heteroatoms. The fourth-order valence-electron chi connectivity index (χ4n) is 2.68. The number of likely N-dealkylation sites (tertiary alicyclic amines) is 1. The topological polar surface area (TPSA) is 114 Å². The number of carbonyl (C=O) groups is 3. The van der Waals surface area contributed by atoms with E-state index in [1.807, 2.05) is 0 Å². The monoisotopic (exact) mass is 398 g/mol. The highest BCUT2D eigenvalue weighted by Crippen LogP contribution is 2.17. The van der Waals surface area contributed by atoms with Gasteiger partial charge in [-0.05, 0) is 33.6 Å². The molecule has 27 heavy (non-hydrogen) atoms. The second-order valence-corrected chi connectivity index (χ2v) is 7.64. The fraction of sp³-hybridized carbons (Fsp3) is 0.647. The molecule has 0 bridgehead atoms. The largest absolute Gasteiger partial charge is 0.450 e. The average Bonchev–Trinajstić information content (AvgIpc) is 3.04. The van der Waals surface area contributed by atoms with Crippen LogP contribution >= 0.6 is 11.8 Å². The maximum absolute atomic E-state index is 12.4. The predicted molar refractivity (Wildman–Crippen MR) is 102 cm³/mol. The maximum atomic E-state index is 12.4. The number of anilines is 1. The molecule has 1 saturated heterocycles. The van der Waals surface area contributed by atoms with Crippen LogP contribution < -0.4 is 10.6 Å². The zero-order chi connectivity index (χ0) is 19.8. The van der Waals surface area contributed by atoms with E-state index in [9.17, 15) is 14.4 Å². The van der Waals surface area contributed by atoms with E-state index in [-0.39, 0.29) is 23.6 Å². The number of amides is 3. The lowest BCUT2D eigenvalue weighted by atomic mass is 10.1. The van der Waals surface area contributed by atoms with Gasteiger partial charge in [-0.3, -0.25) is 9.59 Å². The van der Waals surface area contributed by atoms with Crippen LogP contribution in [0.2, 0.25) is 0 Å². The van der Waals surface area contributed by atoms with E-state index >= 15 is 0 Å². The van der Waals surface area contributed by atoms with Gasteiger partial charge in [0.15, 0.2) is 5.82 Å². The lowest BCUT2D eigenvalue weighted by molar-refractivity contribution is -0.129. The summed E-state index contributed by atoms with van der Waals surface area (Å²) in [7, 11) is 0. The van der Waals surface area contributed by atoms with Gasteiger partial charge >= 0.3 is 6.09 Å². The zero-order valence-corrected chi connectivity index (χ0v) is 16.6. The van der Waals surface area contributed by atoms with E-state index in [1.165, 1.54) is 11.8 Å². The van der Waals surface area contributed by atoms with Gasteiger partial charge in [0.05, 0.1) is 17.6 Å². The highest BCUT2D eigenvalue weighted by Gasteiger charge is 2.26. The van der Waals surface area contributed by atoms with Gasteiger partial charge in [-0.1, -0.05) is 5.16 Å². The predicted octanol–water partition coefficient (Wildman–Crippen LogP) is 1.78. The van der Waals surface area contributed by atoms with Crippen molar-refractivity contribution in [2.75, 3.05) is 30.8 Å². The Hall–Kier alpha value is -2.23. The molecule has 0 aliphatic carbocycles. The van der Waals surface area contributed by atoms with Crippen molar-refractivity contribution in [1.82, 2.24) is 15.4 Å². The zero-order valence-electron chi connectivity index (χ0n) is 15.8. The number of thioether (sulfide) groups is 1. The van der Waals surface area contributed by atoms with Crippen LogP contribution in [0.25, 0.3) is 0 Å². The number of nitrogens with one attached hydrogen (secondary N) is 2. The SMILES string of the molecule is CCOC(=O)N[C@H]1CCCN(C(=O)CS[C@@H](C)C(=O)Nc2cc(C)on2)C1. The summed E-state index contributed by atoms with van der Waals surface area (Å²) in [6, 6.07) is 1.52. The van der Waals surface area contributed by atoms with E-state index in [1.54, 1.807) is 31.7 Å². The summed E-state index contributed by atoms with van der Waals surface area (Å²) in [6.07, 6.45) is 1.17. The molecule has 3 amide bonds. The third-order valence-electron chi connectivity index (χ3n) is 4.08. The van der Waals surface area contributed by atoms with Crippen LogP contribution in [0.4, 0.5) is 10.6 Å². The average molecular weight is 398 g/mol. The number of alkyl carbamates (subject to hydrolysis) is 1. The van der Waals surface area contributed by atoms with E-state index in [2.05, 4.69) is 15.8 Å². The molecular formula is C17H26N4O5S. The Morgan fingerprint density at radius 1 is 1.48 bits per heavy atom. The van der Waals surface area contributed by atoms with Crippen molar-refractivity contribution in [3.05, 3.63) is 11.8 Å². The molecule has 2 atom stereocenters. The van der Waals surface area contributed by atoms with Crippen LogP contribution in [-0.2, 0) is 14.3 Å². The second-order valence-electron chi connectivity index (χ2n) is 6.31. The number of hydrogen-bond donors (Lipinski definition) is 2. The van der Waals surface area contributed by atoms with Gasteiger partial charge in [0.25, 0.3) is 0 Å². The minimum Gasteiger partial charge on any atom is -0.450 e. The first-order valence-corrected chi connectivity index (χ1v) is 10.0. The van der Waals surface area contributed by atoms with Crippen LogP contribution in [0.1, 0.15) is 32.4 Å². The molecule has 9 nitrogen and oxygen atoms in total. The van der Waals surface area contributed by atoms with Gasteiger partial charge in [-0.25, -0.2) is 4.79 Å². The summed E-state index contributed by atoms with van der Waals surface area (Å²) in [5, 5.41) is 8.73. The number of nitrogens with zero attached hydrogens (tertiary/aromatic N) is 2. The van der Waals surface area contributed by atoms with Crippen LogP contribution in [-0.4, -0.2) is 64.7 Å². The third-order valence-corrected chi connectivity index (χ3v) is 5.20. The molecule has 0 saturated carbocycles. The van der Waals surface area contributed by atoms with Gasteiger partial charge < -0.3 is 24.8 Å². The van der Waals surface area contributed by atoms with Crippen molar-refractivity contribution < 1.29 is 23.6 Å². The molecular weight excluding hydrogens is 372 g/mol. The quantitative estimate of drug-likeness (QED) is 0.719. The number of aryl methyl sites for hydroxylation is 1. The summed E-state index contributed by atoms with van der Waals surface area (Å²) >= 11 is 1.26. The van der Waals surface area contributed by atoms with Crippen molar-refractivity contribution >= 4 is 35.5 Å². The van der Waals surface area contributed by atoms with E-state index in [0.717, 1.165) is 12.8 Å². The number of ether oxygens (including phenoxy) is 1. The summed E-state index contributed by atoms with van der Waals surface area (Å²) in [6.45, 7) is 6.64. The number of rotatable bonds is 7. The molecule has 0 aromatic carbocycles. The first-order valence-electron chi connectivity index (χ1n) is 8.96. The highest BCUT2D eigenvalue weighted by molar-refractivity contribution is 8.01.